The van der Waals surface area contributed by atoms with Gasteiger partial charge in [-0.2, -0.15) is 0 Å². The van der Waals surface area contributed by atoms with Gasteiger partial charge in [-0.3, -0.25) is 10.1 Å². The van der Waals surface area contributed by atoms with E-state index in [0.29, 0.717) is 22.2 Å². The lowest BCUT2D eigenvalue weighted by Crippen LogP contribution is -2.10. The molecule has 0 atom stereocenters. The summed E-state index contributed by atoms with van der Waals surface area (Å²) in [6, 6.07) is 17.8. The fourth-order valence-corrected chi connectivity index (χ4v) is 1.99. The van der Waals surface area contributed by atoms with Gasteiger partial charge in [-0.15, -0.1) is 0 Å². The maximum Gasteiger partial charge on any atom is 0.258 e. The number of carbonyl (C=O) groups excluding carboxylic acids is 1. The highest BCUT2D eigenvalue weighted by Crippen LogP contribution is 2.23. The first-order chi connectivity index (χ1) is 10.2. The maximum absolute atomic E-state index is 12.0. The Kier molecular flexibility index (Phi) is 3.71. The number of carbonyl (C=O) groups is 1. The number of nitrogens with one attached hydrogen (secondary N) is 1. The number of halogens is 1. The number of hydrogen-bond donors (Lipinski definition) is 1. The Bertz CT molecular complexity index is 751. The molecule has 1 heterocycles. The normalized spacial score (nSPS) is 10.3. The van der Waals surface area contributed by atoms with Crippen LogP contribution in [0.2, 0.25) is 5.02 Å². The van der Waals surface area contributed by atoms with Gasteiger partial charge in [0.25, 0.3) is 5.91 Å². The lowest BCUT2D eigenvalue weighted by molar-refractivity contribution is 0.102. The molecule has 0 saturated heterocycles. The standard InChI is InChI=1S/C16H11ClN2O2/c17-13-8-6-11(7-9-13)14-10-15(21-19-14)18-16(20)12-4-2-1-3-5-12/h1-10H,(H,18,20). The molecule has 3 rings (SSSR count). The Hall–Kier alpha value is -2.59. The van der Waals surface area contributed by atoms with E-state index in [-0.39, 0.29) is 5.91 Å². The van der Waals surface area contributed by atoms with E-state index < -0.39 is 0 Å². The monoisotopic (exact) mass is 298 g/mol. The summed E-state index contributed by atoms with van der Waals surface area (Å²) in [7, 11) is 0. The molecule has 0 radical (unpaired) electrons. The molecule has 2 aromatic carbocycles. The maximum atomic E-state index is 12.0. The Balaban J connectivity index is 1.76. The fourth-order valence-electron chi connectivity index (χ4n) is 1.86. The SMILES string of the molecule is O=C(Nc1cc(-c2ccc(Cl)cc2)no1)c1ccccc1. The van der Waals surface area contributed by atoms with Crippen molar-refractivity contribution in [2.45, 2.75) is 0 Å². The minimum Gasteiger partial charge on any atom is -0.338 e. The Morgan fingerprint density at radius 2 is 1.76 bits per heavy atom. The molecule has 0 aliphatic rings. The van der Waals surface area contributed by atoms with Crippen LogP contribution in [-0.2, 0) is 0 Å². The van der Waals surface area contributed by atoms with Gasteiger partial charge in [0.15, 0.2) is 0 Å². The van der Waals surface area contributed by atoms with Gasteiger partial charge in [0.2, 0.25) is 5.88 Å². The molecule has 0 saturated carbocycles. The minimum absolute atomic E-state index is 0.241. The smallest absolute Gasteiger partial charge is 0.258 e. The molecular formula is C16H11ClN2O2. The van der Waals surface area contributed by atoms with Crippen LogP contribution in [0.25, 0.3) is 11.3 Å². The third-order valence-corrected chi connectivity index (χ3v) is 3.17. The van der Waals surface area contributed by atoms with E-state index in [2.05, 4.69) is 10.5 Å². The highest BCUT2D eigenvalue weighted by Gasteiger charge is 2.10. The van der Waals surface area contributed by atoms with Crippen molar-refractivity contribution in [3.63, 3.8) is 0 Å². The molecule has 0 fully saturated rings. The zero-order valence-corrected chi connectivity index (χ0v) is 11.7. The van der Waals surface area contributed by atoms with E-state index in [0.717, 1.165) is 5.56 Å². The van der Waals surface area contributed by atoms with Crippen LogP contribution >= 0.6 is 11.6 Å². The molecule has 3 aromatic rings. The number of nitrogens with zero attached hydrogens (tertiary/aromatic N) is 1. The number of anilines is 1. The predicted octanol–water partition coefficient (Wildman–Crippen LogP) is 4.25. The average Bonchev–Trinajstić information content (AvgIpc) is 2.97. The first-order valence-corrected chi connectivity index (χ1v) is 6.69. The summed E-state index contributed by atoms with van der Waals surface area (Å²) in [5.74, 6) is 0.0585. The second kappa shape index (κ2) is 5.81. The van der Waals surface area contributed by atoms with E-state index in [1.807, 2.05) is 18.2 Å². The van der Waals surface area contributed by atoms with Crippen LogP contribution in [0, 0.1) is 0 Å². The van der Waals surface area contributed by atoms with Gasteiger partial charge in [0, 0.05) is 22.2 Å². The second-order valence-corrected chi connectivity index (χ2v) is 4.84. The topological polar surface area (TPSA) is 55.1 Å². The van der Waals surface area contributed by atoms with Crippen molar-refractivity contribution in [3.8, 4) is 11.3 Å². The van der Waals surface area contributed by atoms with Crippen LogP contribution < -0.4 is 5.32 Å². The van der Waals surface area contributed by atoms with Crippen LogP contribution in [0.5, 0.6) is 0 Å². The summed E-state index contributed by atoms with van der Waals surface area (Å²) in [4.78, 5) is 12.0. The van der Waals surface area contributed by atoms with Crippen molar-refractivity contribution in [1.29, 1.82) is 0 Å². The number of aromatic nitrogens is 1. The highest BCUT2D eigenvalue weighted by molar-refractivity contribution is 6.30. The van der Waals surface area contributed by atoms with E-state index in [9.17, 15) is 4.79 Å². The molecule has 0 unspecified atom stereocenters. The predicted molar refractivity (Wildman–Crippen MR) is 81.3 cm³/mol. The molecule has 0 spiro atoms. The minimum atomic E-state index is -0.241. The van der Waals surface area contributed by atoms with E-state index in [4.69, 9.17) is 16.1 Å². The van der Waals surface area contributed by atoms with Crippen LogP contribution in [0.1, 0.15) is 10.4 Å². The zero-order chi connectivity index (χ0) is 14.7. The summed E-state index contributed by atoms with van der Waals surface area (Å²) < 4.78 is 5.13. The molecule has 21 heavy (non-hydrogen) atoms. The first-order valence-electron chi connectivity index (χ1n) is 6.31. The Morgan fingerprint density at radius 1 is 1.05 bits per heavy atom. The lowest BCUT2D eigenvalue weighted by atomic mass is 10.1. The largest absolute Gasteiger partial charge is 0.338 e. The van der Waals surface area contributed by atoms with Gasteiger partial charge in [0.05, 0.1) is 0 Å². The molecule has 0 aliphatic carbocycles. The van der Waals surface area contributed by atoms with Crippen molar-refractivity contribution in [1.82, 2.24) is 5.16 Å². The summed E-state index contributed by atoms with van der Waals surface area (Å²) in [6.45, 7) is 0. The number of benzene rings is 2. The molecule has 0 bridgehead atoms. The number of rotatable bonds is 3. The second-order valence-electron chi connectivity index (χ2n) is 4.40. The van der Waals surface area contributed by atoms with E-state index in [1.54, 1.807) is 42.5 Å². The fraction of sp³-hybridized carbons (Fsp3) is 0. The third-order valence-electron chi connectivity index (χ3n) is 2.92. The summed E-state index contributed by atoms with van der Waals surface area (Å²) in [5, 5.41) is 7.25. The molecule has 1 aromatic heterocycles. The van der Waals surface area contributed by atoms with Gasteiger partial charge in [-0.25, -0.2) is 0 Å². The lowest BCUT2D eigenvalue weighted by Gasteiger charge is -1.99. The highest BCUT2D eigenvalue weighted by atomic mass is 35.5. The van der Waals surface area contributed by atoms with Crippen molar-refractivity contribution < 1.29 is 9.32 Å². The van der Waals surface area contributed by atoms with Crippen molar-refractivity contribution in [2.75, 3.05) is 5.32 Å². The van der Waals surface area contributed by atoms with Crippen molar-refractivity contribution in [3.05, 3.63) is 71.2 Å². The molecule has 4 nitrogen and oxygen atoms in total. The zero-order valence-electron chi connectivity index (χ0n) is 10.9. The average molecular weight is 299 g/mol. The first kappa shape index (κ1) is 13.4. The van der Waals surface area contributed by atoms with E-state index in [1.165, 1.54) is 0 Å². The molecular weight excluding hydrogens is 288 g/mol. The quantitative estimate of drug-likeness (QED) is 0.786. The molecule has 0 aliphatic heterocycles. The van der Waals surface area contributed by atoms with Gasteiger partial charge < -0.3 is 4.52 Å². The molecule has 5 heteroatoms. The molecule has 104 valence electrons. The Labute approximate surface area is 126 Å². The van der Waals surface area contributed by atoms with Crippen LogP contribution in [0.3, 0.4) is 0 Å². The van der Waals surface area contributed by atoms with Gasteiger partial charge in [0.1, 0.15) is 5.69 Å². The van der Waals surface area contributed by atoms with Crippen LogP contribution in [-0.4, -0.2) is 11.1 Å². The van der Waals surface area contributed by atoms with Gasteiger partial charge >= 0.3 is 0 Å². The molecule has 1 amide bonds. The number of amides is 1. The third kappa shape index (κ3) is 3.12. The number of hydrogen-bond acceptors (Lipinski definition) is 3. The van der Waals surface area contributed by atoms with Crippen molar-refractivity contribution in [2.24, 2.45) is 0 Å². The summed E-state index contributed by atoms with van der Waals surface area (Å²) >= 11 is 5.84. The van der Waals surface area contributed by atoms with Crippen LogP contribution in [0.15, 0.2) is 65.2 Å². The molecule has 1 N–H and O–H groups in total. The summed E-state index contributed by atoms with van der Waals surface area (Å²) in [6.07, 6.45) is 0. The van der Waals surface area contributed by atoms with Gasteiger partial charge in [-0.1, -0.05) is 47.1 Å². The van der Waals surface area contributed by atoms with Crippen LogP contribution in [0.4, 0.5) is 5.88 Å². The van der Waals surface area contributed by atoms with Gasteiger partial charge in [-0.05, 0) is 24.3 Å². The van der Waals surface area contributed by atoms with E-state index >= 15 is 0 Å². The van der Waals surface area contributed by atoms with Crippen molar-refractivity contribution >= 4 is 23.4 Å². The Morgan fingerprint density at radius 3 is 2.48 bits per heavy atom. The summed E-state index contributed by atoms with van der Waals surface area (Å²) in [5.41, 5.74) is 2.06.